The molecule has 2 rings (SSSR count). The van der Waals surface area contributed by atoms with Crippen molar-refractivity contribution in [2.75, 3.05) is 13.1 Å². The molecule has 0 aromatic heterocycles. The number of benzene rings is 1. The molecule has 1 aliphatic heterocycles. The van der Waals surface area contributed by atoms with Gasteiger partial charge in [0.05, 0.1) is 4.92 Å². The van der Waals surface area contributed by atoms with Crippen LogP contribution in [0.4, 0.5) is 23.2 Å². The fourth-order valence-electron chi connectivity index (χ4n) is 2.05. The van der Waals surface area contributed by atoms with Crippen molar-refractivity contribution in [1.29, 1.82) is 0 Å². The normalized spacial score (nSPS) is 22.9. The summed E-state index contributed by atoms with van der Waals surface area (Å²) in [7, 11) is 0. The molecule has 0 spiro atoms. The van der Waals surface area contributed by atoms with E-state index in [0.717, 1.165) is 12.1 Å². The number of nitro benzene ring substituents is 1. The number of nitrogens with one attached hydrogen (secondary N) is 1. The molecule has 0 bridgehead atoms. The molecule has 1 aliphatic rings. The van der Waals surface area contributed by atoms with Crippen LogP contribution in [0, 0.1) is 10.1 Å². The summed E-state index contributed by atoms with van der Waals surface area (Å²) in [5.74, 6) is -0.595. The van der Waals surface area contributed by atoms with E-state index in [-0.39, 0.29) is 13.0 Å². The van der Waals surface area contributed by atoms with E-state index in [1.807, 2.05) is 0 Å². The summed E-state index contributed by atoms with van der Waals surface area (Å²) in [5.41, 5.74) is -1.97. The predicted octanol–water partition coefficient (Wildman–Crippen LogP) is 2.69. The Morgan fingerprint density at radius 1 is 1.38 bits per heavy atom. The van der Waals surface area contributed by atoms with Gasteiger partial charge in [0.1, 0.15) is 23.6 Å². The van der Waals surface area contributed by atoms with Crippen molar-refractivity contribution < 1.29 is 27.2 Å². The highest BCUT2D eigenvalue weighted by Gasteiger charge is 2.37. The molecule has 0 radical (unpaired) electrons. The molecule has 1 fully saturated rings. The molecule has 1 saturated heterocycles. The molecule has 1 N–H and O–H groups in total. The molecule has 0 saturated carbocycles. The van der Waals surface area contributed by atoms with Crippen molar-refractivity contribution in [2.45, 2.75) is 24.9 Å². The topological polar surface area (TPSA) is 64.4 Å². The van der Waals surface area contributed by atoms with Crippen molar-refractivity contribution in [2.24, 2.45) is 0 Å². The summed E-state index contributed by atoms with van der Waals surface area (Å²) in [6.07, 6.45) is -7.04. The second kappa shape index (κ2) is 5.84. The van der Waals surface area contributed by atoms with Crippen LogP contribution in [0.3, 0.4) is 0 Å². The highest BCUT2D eigenvalue weighted by Crippen LogP contribution is 2.39. The van der Waals surface area contributed by atoms with Crippen LogP contribution in [-0.4, -0.2) is 30.3 Å². The smallest absolute Gasteiger partial charge is 0.420 e. The maximum Gasteiger partial charge on any atom is 0.420 e. The van der Waals surface area contributed by atoms with Gasteiger partial charge in [-0.1, -0.05) is 0 Å². The van der Waals surface area contributed by atoms with E-state index in [0.29, 0.717) is 12.6 Å². The van der Waals surface area contributed by atoms with Gasteiger partial charge >= 0.3 is 6.18 Å². The van der Waals surface area contributed by atoms with Crippen molar-refractivity contribution in [3.05, 3.63) is 33.9 Å². The summed E-state index contributed by atoms with van der Waals surface area (Å²) in [5, 5.41) is 13.3. The van der Waals surface area contributed by atoms with Gasteiger partial charge in [-0.2, -0.15) is 13.2 Å². The maximum atomic E-state index is 13.6. The Balaban J connectivity index is 2.31. The molecule has 21 heavy (non-hydrogen) atoms. The Kier molecular flexibility index (Phi) is 4.31. The molecule has 1 aromatic carbocycles. The number of alkyl halides is 4. The van der Waals surface area contributed by atoms with Crippen LogP contribution in [0.25, 0.3) is 0 Å². The zero-order chi connectivity index (χ0) is 15.6. The van der Waals surface area contributed by atoms with Gasteiger partial charge in [0.2, 0.25) is 0 Å². The van der Waals surface area contributed by atoms with Gasteiger partial charge in [-0.3, -0.25) is 10.1 Å². The van der Waals surface area contributed by atoms with Crippen LogP contribution in [0.5, 0.6) is 5.75 Å². The fraction of sp³-hybridized carbons (Fsp3) is 0.500. The standard InChI is InChI=1S/C12H12F4N2O3/c13-9-6-17-4-3-11(9)21-10-2-1-7(18(19)20)5-8(10)12(14,15)16/h1-2,5,9,11,17H,3-4,6H2/t9-,11-/m1/s1. The van der Waals surface area contributed by atoms with E-state index in [2.05, 4.69) is 5.32 Å². The number of non-ortho nitro benzene ring substituents is 1. The summed E-state index contributed by atoms with van der Waals surface area (Å²) < 4.78 is 57.5. The molecule has 0 unspecified atom stereocenters. The van der Waals surface area contributed by atoms with E-state index in [1.54, 1.807) is 0 Å². The minimum atomic E-state index is -4.82. The first-order valence-corrected chi connectivity index (χ1v) is 6.16. The molecule has 9 heteroatoms. The third-order valence-corrected chi connectivity index (χ3v) is 3.11. The molecular formula is C12H12F4N2O3. The van der Waals surface area contributed by atoms with Crippen LogP contribution in [0.1, 0.15) is 12.0 Å². The number of ether oxygens (including phenoxy) is 1. The second-order valence-electron chi connectivity index (χ2n) is 4.60. The Bertz CT molecular complexity index is 536. The molecule has 2 atom stereocenters. The molecule has 116 valence electrons. The van der Waals surface area contributed by atoms with Gasteiger partial charge in [-0.05, 0) is 19.0 Å². The van der Waals surface area contributed by atoms with Gasteiger partial charge in [0, 0.05) is 18.7 Å². The summed E-state index contributed by atoms with van der Waals surface area (Å²) >= 11 is 0. The highest BCUT2D eigenvalue weighted by molar-refractivity contribution is 5.45. The summed E-state index contributed by atoms with van der Waals surface area (Å²) in [6.45, 7) is 0.429. The molecular weight excluding hydrogens is 296 g/mol. The summed E-state index contributed by atoms with van der Waals surface area (Å²) in [6, 6.07) is 2.15. The lowest BCUT2D eigenvalue weighted by Crippen LogP contribution is -2.44. The first-order valence-electron chi connectivity index (χ1n) is 6.16. The molecule has 0 aliphatic carbocycles. The number of nitrogens with zero attached hydrogens (tertiary/aromatic N) is 1. The van der Waals surface area contributed by atoms with Gasteiger partial charge in [0.25, 0.3) is 5.69 Å². The number of hydrogen-bond donors (Lipinski definition) is 1. The lowest BCUT2D eigenvalue weighted by molar-refractivity contribution is -0.385. The molecule has 1 aromatic rings. The Morgan fingerprint density at radius 3 is 2.67 bits per heavy atom. The first-order chi connectivity index (χ1) is 9.79. The quantitative estimate of drug-likeness (QED) is 0.530. The molecule has 0 amide bonds. The monoisotopic (exact) mass is 308 g/mol. The van der Waals surface area contributed by atoms with Crippen LogP contribution in [-0.2, 0) is 6.18 Å². The van der Waals surface area contributed by atoms with E-state index >= 15 is 0 Å². The maximum absolute atomic E-state index is 13.6. The lowest BCUT2D eigenvalue weighted by atomic mass is 10.1. The molecule has 1 heterocycles. The predicted molar refractivity (Wildman–Crippen MR) is 64.9 cm³/mol. The second-order valence-corrected chi connectivity index (χ2v) is 4.60. The van der Waals surface area contributed by atoms with Crippen molar-refractivity contribution in [3.8, 4) is 5.75 Å². The van der Waals surface area contributed by atoms with E-state index < -0.39 is 40.4 Å². The Labute approximate surface area is 117 Å². The van der Waals surface area contributed by atoms with Gasteiger partial charge in [-0.15, -0.1) is 0 Å². The Hall–Kier alpha value is -1.90. The number of halogens is 4. The van der Waals surface area contributed by atoms with Crippen molar-refractivity contribution in [1.82, 2.24) is 5.32 Å². The third kappa shape index (κ3) is 3.60. The van der Waals surface area contributed by atoms with Crippen molar-refractivity contribution in [3.63, 3.8) is 0 Å². The van der Waals surface area contributed by atoms with Crippen LogP contribution < -0.4 is 10.1 Å². The Morgan fingerprint density at radius 2 is 2.10 bits per heavy atom. The van der Waals surface area contributed by atoms with E-state index in [4.69, 9.17) is 4.74 Å². The third-order valence-electron chi connectivity index (χ3n) is 3.11. The minimum absolute atomic E-state index is 0.000993. The number of rotatable bonds is 3. The zero-order valence-electron chi connectivity index (χ0n) is 10.7. The van der Waals surface area contributed by atoms with Gasteiger partial charge in [0.15, 0.2) is 0 Å². The highest BCUT2D eigenvalue weighted by atomic mass is 19.4. The average Bonchev–Trinajstić information content (AvgIpc) is 2.40. The van der Waals surface area contributed by atoms with E-state index in [1.165, 1.54) is 0 Å². The van der Waals surface area contributed by atoms with Crippen LogP contribution >= 0.6 is 0 Å². The average molecular weight is 308 g/mol. The lowest BCUT2D eigenvalue weighted by Gasteiger charge is -2.28. The number of nitro groups is 1. The fourth-order valence-corrected chi connectivity index (χ4v) is 2.05. The minimum Gasteiger partial charge on any atom is -0.487 e. The largest absolute Gasteiger partial charge is 0.487 e. The van der Waals surface area contributed by atoms with Crippen LogP contribution in [0.15, 0.2) is 18.2 Å². The van der Waals surface area contributed by atoms with Crippen LogP contribution in [0.2, 0.25) is 0 Å². The SMILES string of the molecule is O=[N+]([O-])c1ccc(O[C@@H]2CCNC[C@H]2F)c(C(F)(F)F)c1. The number of piperidine rings is 1. The number of hydrogen-bond acceptors (Lipinski definition) is 4. The van der Waals surface area contributed by atoms with E-state index in [9.17, 15) is 27.7 Å². The molecule has 5 nitrogen and oxygen atoms in total. The zero-order valence-corrected chi connectivity index (χ0v) is 10.7. The van der Waals surface area contributed by atoms with Gasteiger partial charge < -0.3 is 10.1 Å². The first kappa shape index (κ1) is 15.5. The summed E-state index contributed by atoms with van der Waals surface area (Å²) in [4.78, 5) is 9.63. The van der Waals surface area contributed by atoms with Crippen molar-refractivity contribution >= 4 is 5.69 Å². The van der Waals surface area contributed by atoms with Gasteiger partial charge in [-0.25, -0.2) is 4.39 Å².